The van der Waals surface area contributed by atoms with E-state index >= 15 is 0 Å². The molecule has 0 aliphatic carbocycles. The van der Waals surface area contributed by atoms with Crippen LogP contribution < -0.4 is 10.5 Å². The summed E-state index contributed by atoms with van der Waals surface area (Å²) >= 11 is 6.06. The predicted octanol–water partition coefficient (Wildman–Crippen LogP) is 4.67. The normalized spacial score (nSPS) is 10.3. The minimum Gasteiger partial charge on any atom is -0.454 e. The van der Waals surface area contributed by atoms with E-state index in [0.717, 1.165) is 18.6 Å². The summed E-state index contributed by atoms with van der Waals surface area (Å²) in [5, 5.41) is 0.521. The van der Waals surface area contributed by atoms with Gasteiger partial charge in [0, 0.05) is 0 Å². The molecule has 0 spiro atoms. The van der Waals surface area contributed by atoms with Crippen molar-refractivity contribution in [1.29, 1.82) is 0 Å². The molecule has 18 heavy (non-hydrogen) atoms. The molecule has 0 saturated heterocycles. The van der Waals surface area contributed by atoms with Gasteiger partial charge in [-0.3, -0.25) is 0 Å². The molecule has 2 N–H and O–H groups in total. The first kappa shape index (κ1) is 12.8. The van der Waals surface area contributed by atoms with Crippen molar-refractivity contribution in [2.24, 2.45) is 0 Å². The number of benzene rings is 2. The lowest BCUT2D eigenvalue weighted by Gasteiger charge is -2.10. The predicted molar refractivity (Wildman–Crippen MR) is 76.4 cm³/mol. The summed E-state index contributed by atoms with van der Waals surface area (Å²) in [6, 6.07) is 13.3. The zero-order chi connectivity index (χ0) is 13.0. The Morgan fingerprint density at radius 2 is 1.83 bits per heavy atom. The molecule has 0 aliphatic rings. The minimum absolute atomic E-state index is 0.516. The van der Waals surface area contributed by atoms with Crippen molar-refractivity contribution in [3.63, 3.8) is 0 Å². The van der Waals surface area contributed by atoms with Gasteiger partial charge < -0.3 is 10.5 Å². The van der Waals surface area contributed by atoms with Gasteiger partial charge in [-0.15, -0.1) is 0 Å². The minimum atomic E-state index is 0.516. The first-order valence-corrected chi connectivity index (χ1v) is 6.39. The van der Waals surface area contributed by atoms with E-state index in [-0.39, 0.29) is 0 Å². The second kappa shape index (κ2) is 5.78. The van der Waals surface area contributed by atoms with Crippen LogP contribution in [0.25, 0.3) is 0 Å². The van der Waals surface area contributed by atoms with Gasteiger partial charge in [0.2, 0.25) is 0 Å². The molecule has 94 valence electrons. The van der Waals surface area contributed by atoms with E-state index in [2.05, 4.69) is 19.1 Å². The van der Waals surface area contributed by atoms with Crippen molar-refractivity contribution in [1.82, 2.24) is 0 Å². The van der Waals surface area contributed by atoms with Gasteiger partial charge in [0.25, 0.3) is 0 Å². The number of anilines is 1. The third-order valence-electron chi connectivity index (χ3n) is 2.68. The summed E-state index contributed by atoms with van der Waals surface area (Å²) in [4.78, 5) is 0. The highest BCUT2D eigenvalue weighted by molar-refractivity contribution is 6.32. The Balaban J connectivity index is 2.18. The third kappa shape index (κ3) is 2.96. The quantitative estimate of drug-likeness (QED) is 0.812. The van der Waals surface area contributed by atoms with Gasteiger partial charge in [0.15, 0.2) is 5.75 Å². The number of halogens is 1. The lowest BCUT2D eigenvalue weighted by Crippen LogP contribution is -1.93. The van der Waals surface area contributed by atoms with E-state index in [1.54, 1.807) is 18.2 Å². The molecule has 0 amide bonds. The Morgan fingerprint density at radius 1 is 1.11 bits per heavy atom. The van der Waals surface area contributed by atoms with Gasteiger partial charge in [0.05, 0.1) is 10.7 Å². The number of rotatable bonds is 4. The highest BCUT2D eigenvalue weighted by Crippen LogP contribution is 2.34. The Hall–Kier alpha value is -1.67. The number of hydrogen-bond donors (Lipinski definition) is 1. The maximum absolute atomic E-state index is 6.06. The summed E-state index contributed by atoms with van der Waals surface area (Å²) < 4.78 is 5.72. The number of nitrogens with two attached hydrogens (primary N) is 1. The van der Waals surface area contributed by atoms with Crippen molar-refractivity contribution >= 4 is 17.3 Å². The second-order valence-electron chi connectivity index (χ2n) is 4.15. The van der Waals surface area contributed by atoms with Crippen molar-refractivity contribution < 1.29 is 4.74 Å². The molecule has 0 fully saturated rings. The largest absolute Gasteiger partial charge is 0.454 e. The first-order chi connectivity index (χ1) is 8.70. The maximum Gasteiger partial charge on any atom is 0.168 e. The monoisotopic (exact) mass is 261 g/mol. The topological polar surface area (TPSA) is 35.2 Å². The fourth-order valence-corrected chi connectivity index (χ4v) is 1.98. The van der Waals surface area contributed by atoms with Crippen molar-refractivity contribution in [2.45, 2.75) is 19.8 Å². The smallest absolute Gasteiger partial charge is 0.168 e. The lowest BCUT2D eigenvalue weighted by atomic mass is 10.1. The summed E-state index contributed by atoms with van der Waals surface area (Å²) in [7, 11) is 0. The van der Waals surface area contributed by atoms with Crippen molar-refractivity contribution in [3.05, 3.63) is 53.1 Å². The zero-order valence-electron chi connectivity index (χ0n) is 10.3. The molecular weight excluding hydrogens is 246 g/mol. The van der Waals surface area contributed by atoms with Crippen LogP contribution in [0.2, 0.25) is 5.02 Å². The molecule has 0 aromatic heterocycles. The lowest BCUT2D eigenvalue weighted by molar-refractivity contribution is 0.485. The molecule has 0 radical (unpaired) electrons. The molecule has 3 heteroatoms. The fraction of sp³-hybridized carbons (Fsp3) is 0.200. The molecule has 2 aromatic carbocycles. The van der Waals surface area contributed by atoms with Crippen LogP contribution in [0, 0.1) is 0 Å². The Morgan fingerprint density at radius 3 is 2.44 bits per heavy atom. The van der Waals surface area contributed by atoms with Crippen LogP contribution in [0.4, 0.5) is 5.69 Å². The maximum atomic E-state index is 6.06. The molecule has 0 bridgehead atoms. The van der Waals surface area contributed by atoms with Crippen LogP contribution in [0.15, 0.2) is 42.5 Å². The first-order valence-electron chi connectivity index (χ1n) is 6.01. The van der Waals surface area contributed by atoms with E-state index in [4.69, 9.17) is 22.1 Å². The van der Waals surface area contributed by atoms with Crippen LogP contribution in [0.3, 0.4) is 0 Å². The Bertz CT molecular complexity index is 502. The number of nitrogen functional groups attached to an aromatic ring is 1. The van der Waals surface area contributed by atoms with Gasteiger partial charge in [-0.1, -0.05) is 43.1 Å². The van der Waals surface area contributed by atoms with E-state index in [1.165, 1.54) is 5.56 Å². The van der Waals surface area contributed by atoms with Gasteiger partial charge >= 0.3 is 0 Å². The molecule has 2 rings (SSSR count). The van der Waals surface area contributed by atoms with Crippen LogP contribution in [0.5, 0.6) is 11.5 Å². The zero-order valence-corrected chi connectivity index (χ0v) is 11.1. The summed E-state index contributed by atoms with van der Waals surface area (Å²) in [5.41, 5.74) is 7.68. The highest BCUT2D eigenvalue weighted by atomic mass is 35.5. The summed E-state index contributed by atoms with van der Waals surface area (Å²) in [6.45, 7) is 2.16. The number of ether oxygens (including phenoxy) is 1. The molecule has 2 nitrogen and oxygen atoms in total. The second-order valence-corrected chi connectivity index (χ2v) is 4.56. The van der Waals surface area contributed by atoms with Gasteiger partial charge in [-0.05, 0) is 36.2 Å². The van der Waals surface area contributed by atoms with Gasteiger partial charge in [0.1, 0.15) is 5.75 Å². The van der Waals surface area contributed by atoms with Crippen LogP contribution in [-0.4, -0.2) is 0 Å². The highest BCUT2D eigenvalue weighted by Gasteiger charge is 2.06. The van der Waals surface area contributed by atoms with Gasteiger partial charge in [-0.25, -0.2) is 0 Å². The molecular formula is C15H16ClNO. The standard InChI is InChI=1S/C15H16ClNO/c1-2-4-11-7-9-12(10-8-11)18-15-13(16)5-3-6-14(15)17/h3,5-10H,2,4,17H2,1H3. The molecule has 0 atom stereocenters. The third-order valence-corrected chi connectivity index (χ3v) is 2.98. The molecule has 2 aromatic rings. The number of para-hydroxylation sites is 1. The number of aryl methyl sites for hydroxylation is 1. The van der Waals surface area contributed by atoms with E-state index < -0.39 is 0 Å². The fourth-order valence-electron chi connectivity index (χ4n) is 1.76. The average molecular weight is 262 g/mol. The van der Waals surface area contributed by atoms with Crippen LogP contribution in [0.1, 0.15) is 18.9 Å². The van der Waals surface area contributed by atoms with Crippen molar-refractivity contribution in [3.8, 4) is 11.5 Å². The Kier molecular flexibility index (Phi) is 4.11. The molecule has 0 aliphatic heterocycles. The van der Waals surface area contributed by atoms with Crippen LogP contribution in [-0.2, 0) is 6.42 Å². The van der Waals surface area contributed by atoms with Crippen LogP contribution >= 0.6 is 11.6 Å². The van der Waals surface area contributed by atoms with E-state index in [0.29, 0.717) is 16.5 Å². The van der Waals surface area contributed by atoms with E-state index in [9.17, 15) is 0 Å². The molecule has 0 saturated carbocycles. The summed E-state index contributed by atoms with van der Waals surface area (Å²) in [6.07, 6.45) is 2.21. The Labute approximate surface area is 112 Å². The number of hydrogen-bond acceptors (Lipinski definition) is 2. The average Bonchev–Trinajstić information content (AvgIpc) is 2.36. The summed E-state index contributed by atoms with van der Waals surface area (Å²) in [5.74, 6) is 1.26. The molecule has 0 unspecified atom stereocenters. The molecule has 0 heterocycles. The van der Waals surface area contributed by atoms with E-state index in [1.807, 2.05) is 12.1 Å². The SMILES string of the molecule is CCCc1ccc(Oc2c(N)cccc2Cl)cc1. The van der Waals surface area contributed by atoms with Crippen molar-refractivity contribution in [2.75, 3.05) is 5.73 Å². The van der Waals surface area contributed by atoms with Gasteiger partial charge in [-0.2, -0.15) is 0 Å².